The van der Waals surface area contributed by atoms with Gasteiger partial charge >= 0.3 is 0 Å². The van der Waals surface area contributed by atoms with Crippen LogP contribution in [0.25, 0.3) is 0 Å². The number of fused-ring (bicyclic) bond motifs is 1. The molecule has 2 heterocycles. The van der Waals surface area contributed by atoms with Crippen LogP contribution in [0.1, 0.15) is 34.1 Å². The Balaban J connectivity index is 2.32. The van der Waals surface area contributed by atoms with Crippen LogP contribution in [-0.4, -0.2) is 28.7 Å². The zero-order valence-corrected chi connectivity index (χ0v) is 8.76. The lowest BCUT2D eigenvalue weighted by atomic mass is 9.71. The Labute approximate surface area is 79.0 Å². The largest absolute Gasteiger partial charge is 0.356 e. The number of nitrogens with zero attached hydrogens (tertiary/aromatic N) is 1. The molecule has 2 fully saturated rings. The summed E-state index contributed by atoms with van der Waals surface area (Å²) in [6.07, 6.45) is 0.962. The van der Waals surface area contributed by atoms with Gasteiger partial charge in [-0.3, -0.25) is 4.79 Å². The highest BCUT2D eigenvalue weighted by Crippen LogP contribution is 2.48. The molecule has 2 atom stereocenters. The molecule has 2 aliphatic heterocycles. The zero-order valence-electron chi connectivity index (χ0n) is 8.76. The standard InChI is InChI=1S/C10H17NO2/c1-7-8(12)11-9(2,3)13-6-5-10(7,11)4/h7H,5-6H2,1-4H3. The van der Waals surface area contributed by atoms with Crippen LogP contribution in [0.5, 0.6) is 0 Å². The summed E-state index contributed by atoms with van der Waals surface area (Å²) < 4.78 is 5.59. The average molecular weight is 183 g/mol. The van der Waals surface area contributed by atoms with E-state index in [-0.39, 0.29) is 17.4 Å². The quantitative estimate of drug-likeness (QED) is 0.531. The van der Waals surface area contributed by atoms with E-state index in [2.05, 4.69) is 6.92 Å². The van der Waals surface area contributed by atoms with Gasteiger partial charge in [0.05, 0.1) is 18.1 Å². The van der Waals surface area contributed by atoms with E-state index in [1.54, 1.807) is 0 Å². The van der Waals surface area contributed by atoms with E-state index >= 15 is 0 Å². The molecule has 0 aromatic rings. The normalized spacial score (nSPS) is 42.6. The van der Waals surface area contributed by atoms with Crippen molar-refractivity contribution in [3.8, 4) is 0 Å². The summed E-state index contributed by atoms with van der Waals surface area (Å²) in [5, 5.41) is 0. The van der Waals surface area contributed by atoms with Crippen LogP contribution in [0.3, 0.4) is 0 Å². The van der Waals surface area contributed by atoms with Crippen molar-refractivity contribution in [3.63, 3.8) is 0 Å². The van der Waals surface area contributed by atoms with Crippen LogP contribution in [-0.2, 0) is 9.53 Å². The molecule has 0 aromatic heterocycles. The molecule has 3 nitrogen and oxygen atoms in total. The molecule has 74 valence electrons. The molecule has 3 heteroatoms. The van der Waals surface area contributed by atoms with E-state index in [1.165, 1.54) is 0 Å². The molecule has 0 bridgehead atoms. The van der Waals surface area contributed by atoms with Crippen LogP contribution in [0.4, 0.5) is 0 Å². The highest BCUT2D eigenvalue weighted by Gasteiger charge is 2.61. The first-order valence-electron chi connectivity index (χ1n) is 4.88. The number of amides is 1. The van der Waals surface area contributed by atoms with Crippen LogP contribution >= 0.6 is 0 Å². The number of rotatable bonds is 0. The van der Waals surface area contributed by atoms with Gasteiger partial charge in [0, 0.05) is 0 Å². The summed E-state index contributed by atoms with van der Waals surface area (Å²) in [5.41, 5.74) is -0.366. The lowest BCUT2D eigenvalue weighted by molar-refractivity contribution is -0.257. The van der Waals surface area contributed by atoms with Crippen molar-refractivity contribution >= 4 is 5.91 Å². The first-order chi connectivity index (χ1) is 5.89. The number of hydrogen-bond donors (Lipinski definition) is 0. The Morgan fingerprint density at radius 2 is 2.08 bits per heavy atom. The Hall–Kier alpha value is -0.570. The lowest BCUT2D eigenvalue weighted by Gasteiger charge is -2.63. The molecule has 0 radical (unpaired) electrons. The van der Waals surface area contributed by atoms with Crippen LogP contribution < -0.4 is 0 Å². The first-order valence-corrected chi connectivity index (χ1v) is 4.88. The summed E-state index contributed by atoms with van der Waals surface area (Å²) in [6.45, 7) is 8.86. The Morgan fingerprint density at radius 1 is 1.46 bits per heavy atom. The van der Waals surface area contributed by atoms with Crippen molar-refractivity contribution in [2.24, 2.45) is 5.92 Å². The second-order valence-corrected chi connectivity index (χ2v) is 4.80. The van der Waals surface area contributed by atoms with Gasteiger partial charge in [0.1, 0.15) is 5.72 Å². The first kappa shape index (κ1) is 9.00. The predicted octanol–water partition coefficient (Wildman–Crippen LogP) is 1.38. The number of hydrogen-bond acceptors (Lipinski definition) is 2. The van der Waals surface area contributed by atoms with Crippen molar-refractivity contribution in [3.05, 3.63) is 0 Å². The Kier molecular flexibility index (Phi) is 1.57. The van der Waals surface area contributed by atoms with Crippen LogP contribution in [0.15, 0.2) is 0 Å². The fourth-order valence-electron chi connectivity index (χ4n) is 2.62. The van der Waals surface area contributed by atoms with Gasteiger partial charge in [-0.1, -0.05) is 6.92 Å². The van der Waals surface area contributed by atoms with Gasteiger partial charge in [0.25, 0.3) is 0 Å². The summed E-state index contributed by atoms with van der Waals surface area (Å²) in [4.78, 5) is 13.6. The minimum atomic E-state index is -0.406. The van der Waals surface area contributed by atoms with Gasteiger partial charge < -0.3 is 9.64 Å². The molecule has 0 saturated carbocycles. The van der Waals surface area contributed by atoms with Gasteiger partial charge in [0.15, 0.2) is 0 Å². The van der Waals surface area contributed by atoms with Gasteiger partial charge in [-0.25, -0.2) is 0 Å². The third-order valence-electron chi connectivity index (χ3n) is 3.64. The average Bonchev–Trinajstić information content (AvgIpc) is 2.02. The fourth-order valence-corrected chi connectivity index (χ4v) is 2.62. The molecule has 2 rings (SSSR count). The SMILES string of the molecule is CC1C(=O)N2C(C)(C)OCCC12C. The molecule has 0 aliphatic carbocycles. The summed E-state index contributed by atoms with van der Waals surface area (Å²) in [6, 6.07) is 0. The Bertz CT molecular complexity index is 262. The molecular weight excluding hydrogens is 166 g/mol. The summed E-state index contributed by atoms with van der Waals surface area (Å²) in [5.74, 6) is 0.392. The second-order valence-electron chi connectivity index (χ2n) is 4.80. The van der Waals surface area contributed by atoms with E-state index in [1.807, 2.05) is 25.7 Å². The topological polar surface area (TPSA) is 29.5 Å². The molecular formula is C10H17NO2. The van der Waals surface area contributed by atoms with Crippen molar-refractivity contribution < 1.29 is 9.53 Å². The number of ether oxygens (including phenoxy) is 1. The molecule has 0 spiro atoms. The van der Waals surface area contributed by atoms with E-state index in [9.17, 15) is 4.79 Å². The highest BCUT2D eigenvalue weighted by atomic mass is 16.5. The molecule has 2 unspecified atom stereocenters. The molecule has 2 aliphatic rings. The molecule has 1 amide bonds. The minimum Gasteiger partial charge on any atom is -0.356 e. The molecule has 13 heavy (non-hydrogen) atoms. The maximum Gasteiger partial charge on any atom is 0.230 e. The van der Waals surface area contributed by atoms with Gasteiger partial charge in [-0.2, -0.15) is 0 Å². The predicted molar refractivity (Wildman–Crippen MR) is 49.1 cm³/mol. The summed E-state index contributed by atoms with van der Waals surface area (Å²) >= 11 is 0. The monoisotopic (exact) mass is 183 g/mol. The summed E-state index contributed by atoms with van der Waals surface area (Å²) in [7, 11) is 0. The van der Waals surface area contributed by atoms with E-state index in [0.717, 1.165) is 13.0 Å². The van der Waals surface area contributed by atoms with Crippen molar-refractivity contribution in [2.45, 2.75) is 45.4 Å². The maximum atomic E-state index is 11.7. The molecule has 0 aromatic carbocycles. The van der Waals surface area contributed by atoms with Crippen LogP contribution in [0, 0.1) is 5.92 Å². The van der Waals surface area contributed by atoms with E-state index < -0.39 is 5.72 Å². The zero-order chi connectivity index (χ0) is 9.85. The highest BCUT2D eigenvalue weighted by molar-refractivity contribution is 5.88. The van der Waals surface area contributed by atoms with Crippen molar-refractivity contribution in [1.82, 2.24) is 4.90 Å². The molecule has 0 N–H and O–H groups in total. The lowest BCUT2D eigenvalue weighted by Crippen LogP contribution is -2.77. The van der Waals surface area contributed by atoms with Gasteiger partial charge in [-0.15, -0.1) is 0 Å². The minimum absolute atomic E-state index is 0.0405. The Morgan fingerprint density at radius 3 is 2.62 bits per heavy atom. The van der Waals surface area contributed by atoms with Gasteiger partial charge in [-0.05, 0) is 27.2 Å². The number of carbonyl (C=O) groups is 1. The number of β-lactam (4-membered cyclic amide) rings is 1. The smallest absolute Gasteiger partial charge is 0.230 e. The van der Waals surface area contributed by atoms with E-state index in [4.69, 9.17) is 4.74 Å². The maximum absolute atomic E-state index is 11.7. The van der Waals surface area contributed by atoms with E-state index in [0.29, 0.717) is 0 Å². The van der Waals surface area contributed by atoms with Crippen molar-refractivity contribution in [1.29, 1.82) is 0 Å². The van der Waals surface area contributed by atoms with Gasteiger partial charge in [0.2, 0.25) is 5.91 Å². The second kappa shape index (κ2) is 2.27. The van der Waals surface area contributed by atoms with Crippen LogP contribution in [0.2, 0.25) is 0 Å². The third-order valence-corrected chi connectivity index (χ3v) is 3.64. The van der Waals surface area contributed by atoms with Crippen molar-refractivity contribution in [2.75, 3.05) is 6.61 Å². The fraction of sp³-hybridized carbons (Fsp3) is 0.900. The molecule has 2 saturated heterocycles. The number of carbonyl (C=O) groups excluding carboxylic acids is 1. The third kappa shape index (κ3) is 0.909.